The number of carbonyl (C=O) groups is 1. The van der Waals surface area contributed by atoms with Crippen LogP contribution in [-0.2, 0) is 24.2 Å². The number of hydrogen-bond acceptors (Lipinski definition) is 4. The second-order valence-electron chi connectivity index (χ2n) is 5.02. The van der Waals surface area contributed by atoms with Gasteiger partial charge in [0.05, 0.1) is 18.7 Å². The summed E-state index contributed by atoms with van der Waals surface area (Å²) in [5.74, 6) is 0.0200. The molecule has 0 aliphatic carbocycles. The maximum atomic E-state index is 10.5. The standard InChI is InChI=1S/C14H14ClN3O3/c15-10-1-3-13-9(5-10)6-12(21-13)8-18-7-11(16-17-18)2-4-14(19)20/h1,3,5,7,12H,2,4,6,8H2,(H,19,20). The number of benzene rings is 1. The molecule has 110 valence electrons. The van der Waals surface area contributed by atoms with Gasteiger partial charge in [0, 0.05) is 24.1 Å². The van der Waals surface area contributed by atoms with Crippen molar-refractivity contribution in [3.8, 4) is 5.75 Å². The van der Waals surface area contributed by atoms with Crippen molar-refractivity contribution in [2.75, 3.05) is 0 Å². The summed E-state index contributed by atoms with van der Waals surface area (Å²) in [5, 5.41) is 17.3. The van der Waals surface area contributed by atoms with Gasteiger partial charge in [-0.2, -0.15) is 0 Å². The summed E-state index contributed by atoms with van der Waals surface area (Å²) in [6.45, 7) is 0.576. The molecule has 7 heteroatoms. The van der Waals surface area contributed by atoms with E-state index in [1.807, 2.05) is 18.2 Å². The fourth-order valence-corrected chi connectivity index (χ4v) is 2.57. The Balaban J connectivity index is 1.60. The van der Waals surface area contributed by atoms with Gasteiger partial charge >= 0.3 is 5.97 Å². The molecule has 1 unspecified atom stereocenters. The zero-order chi connectivity index (χ0) is 14.8. The first-order chi connectivity index (χ1) is 10.1. The van der Waals surface area contributed by atoms with E-state index in [-0.39, 0.29) is 12.5 Å². The van der Waals surface area contributed by atoms with Gasteiger partial charge in [0.1, 0.15) is 11.9 Å². The Hall–Kier alpha value is -2.08. The molecule has 2 heterocycles. The van der Waals surface area contributed by atoms with Crippen molar-refractivity contribution in [3.05, 3.63) is 40.7 Å². The monoisotopic (exact) mass is 307 g/mol. The van der Waals surface area contributed by atoms with E-state index in [9.17, 15) is 4.79 Å². The second kappa shape index (κ2) is 5.73. The summed E-state index contributed by atoms with van der Waals surface area (Å²) in [5.41, 5.74) is 1.77. The van der Waals surface area contributed by atoms with E-state index in [0.29, 0.717) is 23.7 Å². The van der Waals surface area contributed by atoms with Crippen molar-refractivity contribution >= 4 is 17.6 Å². The van der Waals surface area contributed by atoms with E-state index < -0.39 is 5.97 Å². The molecule has 0 spiro atoms. The topological polar surface area (TPSA) is 77.2 Å². The number of aromatic nitrogens is 3. The van der Waals surface area contributed by atoms with E-state index in [2.05, 4.69) is 10.3 Å². The van der Waals surface area contributed by atoms with E-state index >= 15 is 0 Å². The molecule has 0 radical (unpaired) electrons. The first-order valence-electron chi connectivity index (χ1n) is 6.66. The molecule has 3 rings (SSSR count). The van der Waals surface area contributed by atoms with Crippen LogP contribution in [0.3, 0.4) is 0 Å². The predicted octanol–water partition coefficient (Wildman–Crippen LogP) is 1.95. The third-order valence-corrected chi connectivity index (χ3v) is 3.57. The van der Waals surface area contributed by atoms with Gasteiger partial charge in [-0.25, -0.2) is 4.68 Å². The molecule has 0 amide bonds. The number of rotatable bonds is 5. The number of ether oxygens (including phenoxy) is 1. The maximum absolute atomic E-state index is 10.5. The average Bonchev–Trinajstić information content (AvgIpc) is 3.02. The third-order valence-electron chi connectivity index (χ3n) is 3.34. The summed E-state index contributed by atoms with van der Waals surface area (Å²) in [6.07, 6.45) is 2.98. The third kappa shape index (κ3) is 3.33. The zero-order valence-electron chi connectivity index (χ0n) is 11.2. The van der Waals surface area contributed by atoms with Crippen LogP contribution in [0.25, 0.3) is 0 Å². The van der Waals surface area contributed by atoms with E-state index in [1.54, 1.807) is 10.9 Å². The molecule has 0 bridgehead atoms. The van der Waals surface area contributed by atoms with Crippen molar-refractivity contribution in [1.82, 2.24) is 15.0 Å². The van der Waals surface area contributed by atoms with Crippen molar-refractivity contribution in [2.24, 2.45) is 0 Å². The van der Waals surface area contributed by atoms with Crippen LogP contribution in [0.1, 0.15) is 17.7 Å². The SMILES string of the molecule is O=C(O)CCc1cn(CC2Cc3cc(Cl)ccc3O2)nn1. The van der Waals surface area contributed by atoms with Crippen LogP contribution >= 0.6 is 11.6 Å². The lowest BCUT2D eigenvalue weighted by Gasteiger charge is -2.09. The quantitative estimate of drug-likeness (QED) is 0.913. The van der Waals surface area contributed by atoms with Crippen LogP contribution in [0.2, 0.25) is 5.02 Å². The fourth-order valence-electron chi connectivity index (χ4n) is 2.38. The molecule has 1 N–H and O–H groups in total. The highest BCUT2D eigenvalue weighted by Gasteiger charge is 2.23. The Morgan fingerprint density at radius 2 is 2.38 bits per heavy atom. The minimum absolute atomic E-state index is 0.00695. The summed E-state index contributed by atoms with van der Waals surface area (Å²) in [4.78, 5) is 10.5. The Morgan fingerprint density at radius 3 is 3.19 bits per heavy atom. The molecule has 1 aliphatic rings. The molecule has 1 aliphatic heterocycles. The van der Waals surface area contributed by atoms with Crippen LogP contribution in [0, 0.1) is 0 Å². The van der Waals surface area contributed by atoms with Crippen molar-refractivity contribution in [3.63, 3.8) is 0 Å². The number of hydrogen-bond donors (Lipinski definition) is 1. The number of carboxylic acid groups (broad SMARTS) is 1. The number of aryl methyl sites for hydroxylation is 1. The highest BCUT2D eigenvalue weighted by Crippen LogP contribution is 2.31. The maximum Gasteiger partial charge on any atom is 0.303 e. The highest BCUT2D eigenvalue weighted by atomic mass is 35.5. The van der Waals surface area contributed by atoms with E-state index in [4.69, 9.17) is 21.4 Å². The summed E-state index contributed by atoms with van der Waals surface area (Å²) in [7, 11) is 0. The molecule has 21 heavy (non-hydrogen) atoms. The Kier molecular flexibility index (Phi) is 3.79. The minimum atomic E-state index is -0.837. The number of fused-ring (bicyclic) bond motifs is 1. The van der Waals surface area contributed by atoms with Gasteiger partial charge in [-0.15, -0.1) is 5.10 Å². The van der Waals surface area contributed by atoms with Gasteiger partial charge in [-0.05, 0) is 23.8 Å². The van der Waals surface area contributed by atoms with Gasteiger partial charge in [0.25, 0.3) is 0 Å². The van der Waals surface area contributed by atoms with E-state index in [0.717, 1.165) is 17.7 Å². The Labute approximate surface area is 126 Å². The zero-order valence-corrected chi connectivity index (χ0v) is 12.0. The van der Waals surface area contributed by atoms with Crippen LogP contribution < -0.4 is 4.74 Å². The lowest BCUT2D eigenvalue weighted by molar-refractivity contribution is -0.136. The molecule has 2 aromatic rings. The molecule has 0 saturated carbocycles. The average molecular weight is 308 g/mol. The van der Waals surface area contributed by atoms with Gasteiger partial charge < -0.3 is 9.84 Å². The van der Waals surface area contributed by atoms with Gasteiger partial charge in [0.15, 0.2) is 0 Å². The molecule has 0 fully saturated rings. The Morgan fingerprint density at radius 1 is 1.52 bits per heavy atom. The largest absolute Gasteiger partial charge is 0.488 e. The minimum Gasteiger partial charge on any atom is -0.488 e. The van der Waals surface area contributed by atoms with Gasteiger partial charge in [-0.1, -0.05) is 16.8 Å². The van der Waals surface area contributed by atoms with Crippen LogP contribution in [0.4, 0.5) is 0 Å². The first-order valence-corrected chi connectivity index (χ1v) is 7.04. The van der Waals surface area contributed by atoms with E-state index in [1.165, 1.54) is 0 Å². The van der Waals surface area contributed by atoms with Gasteiger partial charge in [-0.3, -0.25) is 4.79 Å². The summed E-state index contributed by atoms with van der Waals surface area (Å²) < 4.78 is 7.52. The van der Waals surface area contributed by atoms with Crippen molar-refractivity contribution in [1.29, 1.82) is 0 Å². The number of nitrogens with zero attached hydrogens (tertiary/aromatic N) is 3. The molecule has 6 nitrogen and oxygen atoms in total. The van der Waals surface area contributed by atoms with Gasteiger partial charge in [0.2, 0.25) is 0 Å². The molecular formula is C14H14ClN3O3. The predicted molar refractivity (Wildman–Crippen MR) is 75.6 cm³/mol. The molecule has 1 atom stereocenters. The summed E-state index contributed by atoms with van der Waals surface area (Å²) >= 11 is 5.96. The van der Waals surface area contributed by atoms with Crippen LogP contribution in [0.5, 0.6) is 5.75 Å². The van der Waals surface area contributed by atoms with Crippen LogP contribution in [-0.4, -0.2) is 32.2 Å². The van der Waals surface area contributed by atoms with Crippen molar-refractivity contribution < 1.29 is 14.6 Å². The number of aliphatic carboxylic acids is 1. The first kappa shape index (κ1) is 13.9. The molecule has 0 saturated heterocycles. The lowest BCUT2D eigenvalue weighted by atomic mass is 10.1. The lowest BCUT2D eigenvalue weighted by Crippen LogP contribution is -2.21. The summed E-state index contributed by atoms with van der Waals surface area (Å²) in [6, 6.07) is 5.59. The molecular weight excluding hydrogens is 294 g/mol. The normalized spacial score (nSPS) is 16.5. The number of halogens is 1. The molecule has 1 aromatic carbocycles. The Bertz CT molecular complexity index is 671. The number of carboxylic acids is 1. The second-order valence-corrected chi connectivity index (χ2v) is 5.46. The van der Waals surface area contributed by atoms with Crippen molar-refractivity contribution in [2.45, 2.75) is 31.9 Å². The molecule has 1 aromatic heterocycles. The van der Waals surface area contributed by atoms with Crippen LogP contribution in [0.15, 0.2) is 24.4 Å². The smallest absolute Gasteiger partial charge is 0.303 e. The highest BCUT2D eigenvalue weighted by molar-refractivity contribution is 6.30. The fraction of sp³-hybridized carbons (Fsp3) is 0.357.